The predicted octanol–water partition coefficient (Wildman–Crippen LogP) is -0.620. The minimum absolute atomic E-state index is 0. The molecule has 5 rings (SSSR count). The zero-order valence-corrected chi connectivity index (χ0v) is 21.0. The second-order valence-corrected chi connectivity index (χ2v) is 17.8. The first-order valence-electron chi connectivity index (χ1n) is 9.11. The summed E-state index contributed by atoms with van der Waals surface area (Å²) >= 11 is -0.905. The van der Waals surface area contributed by atoms with E-state index in [1.54, 1.807) is 28.9 Å². The molecule has 0 saturated carbocycles. The third-order valence-corrected chi connectivity index (χ3v) is 16.2. The van der Waals surface area contributed by atoms with Gasteiger partial charge in [-0.1, -0.05) is 0 Å². The van der Waals surface area contributed by atoms with E-state index in [0.717, 1.165) is 5.54 Å². The van der Waals surface area contributed by atoms with E-state index < -0.39 is 31.0 Å². The van der Waals surface area contributed by atoms with Gasteiger partial charge in [-0.05, 0) is 0 Å². The van der Waals surface area contributed by atoms with Gasteiger partial charge >= 0.3 is 158 Å². The molecule has 1 unspecified atom stereocenters. The molecule has 0 radical (unpaired) electrons. The summed E-state index contributed by atoms with van der Waals surface area (Å²) in [5.41, 5.74) is 7.34. The molecule has 0 amide bonds. The summed E-state index contributed by atoms with van der Waals surface area (Å²) in [6, 6.07) is 19.6. The van der Waals surface area contributed by atoms with Crippen molar-refractivity contribution in [2.75, 3.05) is 0 Å². The molecule has 0 spiro atoms. The van der Waals surface area contributed by atoms with Gasteiger partial charge in [-0.3, -0.25) is 0 Å². The van der Waals surface area contributed by atoms with Crippen molar-refractivity contribution < 1.29 is 47.7 Å². The molecule has 1 fully saturated rings. The van der Waals surface area contributed by atoms with Gasteiger partial charge in [0, 0.05) is 0 Å². The van der Waals surface area contributed by atoms with Crippen molar-refractivity contribution >= 4 is 11.4 Å². The normalized spacial score (nSPS) is 20.7. The van der Waals surface area contributed by atoms with Crippen molar-refractivity contribution in [3.8, 4) is 11.1 Å². The van der Waals surface area contributed by atoms with E-state index in [4.69, 9.17) is 0 Å². The second kappa shape index (κ2) is 7.91. The molecule has 2 aliphatic carbocycles. The van der Waals surface area contributed by atoms with E-state index in [1.807, 2.05) is 0 Å². The van der Waals surface area contributed by atoms with Crippen LogP contribution in [0, 0.1) is 0 Å². The maximum atomic E-state index is 2.67. The molecule has 0 bridgehead atoms. The van der Waals surface area contributed by atoms with Gasteiger partial charge < -0.3 is 24.8 Å². The fourth-order valence-electron chi connectivity index (χ4n) is 4.83. The largest absolute Gasteiger partial charge is 1.00 e. The first-order valence-corrected chi connectivity index (χ1v) is 15.7. The molecule has 0 aromatic heterocycles. The van der Waals surface area contributed by atoms with Crippen molar-refractivity contribution in [1.29, 1.82) is 0 Å². The molecule has 3 aliphatic rings. The zero-order valence-electron chi connectivity index (χ0n) is 14.9. The summed E-state index contributed by atoms with van der Waals surface area (Å²) in [5.74, 6) is 0. The molecular formula is C22H22Cl2HfSi. The van der Waals surface area contributed by atoms with E-state index in [-0.39, 0.29) is 24.8 Å². The van der Waals surface area contributed by atoms with Gasteiger partial charge in [0.15, 0.2) is 0 Å². The molecule has 2 aromatic rings. The van der Waals surface area contributed by atoms with E-state index in [0.29, 0.717) is 0 Å². The average molecular weight is 564 g/mol. The molecule has 132 valence electrons. The third-order valence-electron chi connectivity index (χ3n) is 6.22. The first kappa shape index (κ1) is 20.3. The van der Waals surface area contributed by atoms with Crippen LogP contribution >= 0.6 is 0 Å². The fraction of sp³-hybridized carbons (Fsp3) is 0.273. The van der Waals surface area contributed by atoms with Crippen LogP contribution in [0.2, 0.25) is 18.6 Å². The SMILES string of the molecule is C[Si]1(C2c3ccccc3-c3ccc[c]([Hf+2][C]4=CC=CC4)c32)CCC1.[Cl-].[Cl-]. The van der Waals surface area contributed by atoms with Gasteiger partial charge in [-0.2, -0.15) is 0 Å². The summed E-state index contributed by atoms with van der Waals surface area (Å²) in [6.07, 6.45) is 9.69. The Kier molecular flexibility index (Phi) is 6.18. The Morgan fingerprint density at radius 1 is 0.962 bits per heavy atom. The van der Waals surface area contributed by atoms with E-state index >= 15 is 0 Å². The Hall–Kier alpha value is -0.413. The number of benzene rings is 2. The van der Waals surface area contributed by atoms with Crippen LogP contribution in [0.25, 0.3) is 11.1 Å². The van der Waals surface area contributed by atoms with E-state index in [2.05, 4.69) is 67.2 Å². The Balaban J connectivity index is 0.000000980. The van der Waals surface area contributed by atoms with Gasteiger partial charge in [0.05, 0.1) is 0 Å². The minimum Gasteiger partial charge on any atom is -1.00 e. The topological polar surface area (TPSA) is 0 Å². The molecule has 2 aromatic carbocycles. The number of fused-ring (bicyclic) bond motifs is 3. The second-order valence-electron chi connectivity index (χ2n) is 7.74. The molecule has 1 heterocycles. The summed E-state index contributed by atoms with van der Waals surface area (Å²) in [5, 5.41) is 0. The number of rotatable bonds is 3. The van der Waals surface area contributed by atoms with Crippen molar-refractivity contribution in [2.24, 2.45) is 0 Å². The van der Waals surface area contributed by atoms with Crippen molar-refractivity contribution in [1.82, 2.24) is 0 Å². The first-order chi connectivity index (χ1) is 11.8. The van der Waals surface area contributed by atoms with Crippen molar-refractivity contribution in [3.63, 3.8) is 0 Å². The Bertz CT molecular complexity index is 883. The van der Waals surface area contributed by atoms with Crippen LogP contribution in [-0.2, 0) is 22.9 Å². The monoisotopic (exact) mass is 564 g/mol. The Labute approximate surface area is 181 Å². The standard InChI is InChI=1S/C17H17Si.C5H5.2ClH.Hf/c1-18(11-6-12-18)17-15-9-4-2-7-13(15)14-8-3-5-10-16(14)17;1-2-4-5-3-1;;;/h2-5,7-9,17H,6,11-12H2,1H3;1-3H,4H2;2*1H;/q;;;;+2/p-2. The molecule has 1 saturated heterocycles. The third kappa shape index (κ3) is 3.17. The predicted molar refractivity (Wildman–Crippen MR) is 101 cm³/mol. The summed E-state index contributed by atoms with van der Waals surface area (Å²) in [4.78, 5) is 0. The van der Waals surface area contributed by atoms with Crippen LogP contribution in [0.15, 0.2) is 64.0 Å². The number of hydrogen-bond acceptors (Lipinski definition) is 0. The van der Waals surface area contributed by atoms with Crippen LogP contribution < -0.4 is 28.1 Å². The van der Waals surface area contributed by atoms with Crippen LogP contribution in [-0.4, -0.2) is 8.07 Å². The quantitative estimate of drug-likeness (QED) is 0.437. The average Bonchev–Trinajstić information content (AvgIpc) is 3.19. The molecule has 0 N–H and O–H groups in total. The molecule has 26 heavy (non-hydrogen) atoms. The van der Waals surface area contributed by atoms with Gasteiger partial charge in [-0.15, -0.1) is 0 Å². The number of hydrogen-bond donors (Lipinski definition) is 0. The molecule has 4 heteroatoms. The molecule has 1 atom stereocenters. The van der Waals surface area contributed by atoms with Gasteiger partial charge in [0.1, 0.15) is 0 Å². The Morgan fingerprint density at radius 3 is 2.42 bits per heavy atom. The van der Waals surface area contributed by atoms with Crippen LogP contribution in [0.1, 0.15) is 29.5 Å². The molecule has 1 aliphatic heterocycles. The zero-order chi connectivity index (χ0) is 16.1. The molecular weight excluding hydrogens is 542 g/mol. The van der Waals surface area contributed by atoms with Crippen LogP contribution in [0.5, 0.6) is 0 Å². The summed E-state index contributed by atoms with van der Waals surface area (Å²) < 4.78 is 3.54. The smallest absolute Gasteiger partial charge is 1.00 e. The van der Waals surface area contributed by atoms with Crippen molar-refractivity contribution in [2.45, 2.75) is 37.0 Å². The van der Waals surface area contributed by atoms with Gasteiger partial charge in [0.2, 0.25) is 0 Å². The minimum atomic E-state index is -1.16. The van der Waals surface area contributed by atoms with Crippen LogP contribution in [0.4, 0.5) is 0 Å². The number of halogens is 2. The van der Waals surface area contributed by atoms with Gasteiger partial charge in [-0.25, -0.2) is 0 Å². The van der Waals surface area contributed by atoms with Gasteiger partial charge in [0.25, 0.3) is 0 Å². The maximum absolute atomic E-state index is 2.67. The Morgan fingerprint density at radius 2 is 1.73 bits per heavy atom. The molecule has 0 nitrogen and oxygen atoms in total. The summed E-state index contributed by atoms with van der Waals surface area (Å²) in [7, 11) is -1.16. The van der Waals surface area contributed by atoms with E-state index in [9.17, 15) is 0 Å². The summed E-state index contributed by atoms with van der Waals surface area (Å²) in [6.45, 7) is 2.67. The van der Waals surface area contributed by atoms with Crippen molar-refractivity contribution in [3.05, 3.63) is 75.1 Å². The fourth-order valence-corrected chi connectivity index (χ4v) is 14.2. The number of allylic oxidation sites excluding steroid dienone is 4. The maximum Gasteiger partial charge on any atom is -1.00 e. The van der Waals surface area contributed by atoms with E-state index in [1.165, 1.54) is 24.9 Å². The van der Waals surface area contributed by atoms with Crippen LogP contribution in [0.3, 0.4) is 0 Å².